The third kappa shape index (κ3) is 3.40. The monoisotopic (exact) mass is 226 g/mol. The van der Waals surface area contributed by atoms with Gasteiger partial charge in [-0.2, -0.15) is 0 Å². The second kappa shape index (κ2) is 6.35. The second-order valence-electron chi connectivity index (χ2n) is 3.57. The van der Waals surface area contributed by atoms with Gasteiger partial charge in [0.25, 0.3) is 0 Å². The van der Waals surface area contributed by atoms with E-state index in [0.29, 0.717) is 25.2 Å². The van der Waals surface area contributed by atoms with Crippen LogP contribution in [-0.4, -0.2) is 34.6 Å². The van der Waals surface area contributed by atoms with Crippen molar-refractivity contribution in [1.29, 1.82) is 0 Å². The first-order valence-electron chi connectivity index (χ1n) is 5.41. The van der Waals surface area contributed by atoms with E-state index in [-0.39, 0.29) is 12.4 Å². The first kappa shape index (κ1) is 12.8. The topological polar surface area (TPSA) is 69.9 Å². The maximum atomic E-state index is 9.84. The van der Waals surface area contributed by atoms with Crippen LogP contribution in [0.2, 0.25) is 0 Å². The van der Waals surface area contributed by atoms with Crippen molar-refractivity contribution in [3.63, 3.8) is 0 Å². The van der Waals surface area contributed by atoms with Crippen LogP contribution in [0.4, 0.5) is 0 Å². The summed E-state index contributed by atoms with van der Waals surface area (Å²) < 4.78 is 5.25. The lowest BCUT2D eigenvalue weighted by Gasteiger charge is -2.11. The van der Waals surface area contributed by atoms with Crippen LogP contribution < -0.4 is 4.74 Å². The van der Waals surface area contributed by atoms with Gasteiger partial charge >= 0.3 is 0 Å². The third-order valence-electron chi connectivity index (χ3n) is 2.34. The summed E-state index contributed by atoms with van der Waals surface area (Å²) in [5.41, 5.74) is 0.721. The van der Waals surface area contributed by atoms with Gasteiger partial charge < -0.3 is 20.1 Å². The molecule has 90 valence electrons. The Bertz CT molecular complexity index is 325. The summed E-state index contributed by atoms with van der Waals surface area (Å²) in [6, 6.07) is 5.28. The minimum atomic E-state index is -0.741. The van der Waals surface area contributed by atoms with E-state index in [4.69, 9.17) is 9.84 Å². The smallest absolute Gasteiger partial charge is 0.161 e. The number of rotatable bonds is 6. The molecular weight excluding hydrogens is 208 g/mol. The standard InChI is InChI=1S/C12H18O4/c1-2-16-11-5-3-4-9(12(11)15)6-7-10(14)8-13/h3-5,10,13-15H,2,6-8H2,1H3. The lowest BCUT2D eigenvalue weighted by Crippen LogP contribution is -2.12. The van der Waals surface area contributed by atoms with Crippen LogP contribution in [0.1, 0.15) is 18.9 Å². The molecule has 0 saturated heterocycles. The zero-order valence-electron chi connectivity index (χ0n) is 9.39. The highest BCUT2D eigenvalue weighted by Gasteiger charge is 2.09. The highest BCUT2D eigenvalue weighted by atomic mass is 16.5. The molecule has 1 atom stereocenters. The number of hydrogen-bond donors (Lipinski definition) is 3. The predicted molar refractivity (Wildman–Crippen MR) is 60.7 cm³/mol. The summed E-state index contributed by atoms with van der Waals surface area (Å²) >= 11 is 0. The SMILES string of the molecule is CCOc1cccc(CCC(O)CO)c1O. The van der Waals surface area contributed by atoms with Gasteiger partial charge in [0.2, 0.25) is 0 Å². The molecule has 1 aromatic carbocycles. The number of hydrogen-bond acceptors (Lipinski definition) is 4. The molecule has 0 aliphatic rings. The minimum absolute atomic E-state index is 0.120. The van der Waals surface area contributed by atoms with E-state index in [1.165, 1.54) is 0 Å². The molecule has 1 aromatic rings. The number of benzene rings is 1. The molecule has 4 nitrogen and oxygen atoms in total. The van der Waals surface area contributed by atoms with Crippen LogP contribution in [-0.2, 0) is 6.42 Å². The zero-order valence-corrected chi connectivity index (χ0v) is 9.39. The summed E-state index contributed by atoms with van der Waals surface area (Å²) in [5, 5.41) is 27.7. The van der Waals surface area contributed by atoms with Crippen molar-refractivity contribution in [3.8, 4) is 11.5 Å². The largest absolute Gasteiger partial charge is 0.504 e. The lowest BCUT2D eigenvalue weighted by molar-refractivity contribution is 0.0884. The molecule has 1 unspecified atom stereocenters. The van der Waals surface area contributed by atoms with Crippen LogP contribution in [0, 0.1) is 0 Å². The maximum absolute atomic E-state index is 9.84. The van der Waals surface area contributed by atoms with E-state index in [0.717, 1.165) is 5.56 Å². The van der Waals surface area contributed by atoms with Crippen molar-refractivity contribution >= 4 is 0 Å². The number of phenols is 1. The van der Waals surface area contributed by atoms with Crippen LogP contribution in [0.25, 0.3) is 0 Å². The predicted octanol–water partition coefficient (Wildman–Crippen LogP) is 1.08. The third-order valence-corrected chi connectivity index (χ3v) is 2.34. The molecule has 0 aliphatic carbocycles. The number of aliphatic hydroxyl groups is 2. The van der Waals surface area contributed by atoms with Gasteiger partial charge in [-0.3, -0.25) is 0 Å². The fourth-order valence-electron chi connectivity index (χ4n) is 1.45. The van der Waals surface area contributed by atoms with E-state index in [2.05, 4.69) is 0 Å². The highest BCUT2D eigenvalue weighted by Crippen LogP contribution is 2.30. The molecule has 0 amide bonds. The Morgan fingerprint density at radius 1 is 1.38 bits per heavy atom. The summed E-state index contributed by atoms with van der Waals surface area (Å²) in [7, 11) is 0. The Balaban J connectivity index is 2.69. The Morgan fingerprint density at radius 3 is 2.75 bits per heavy atom. The van der Waals surface area contributed by atoms with Gasteiger partial charge in [0.1, 0.15) is 0 Å². The average Bonchev–Trinajstić information content (AvgIpc) is 2.30. The molecule has 0 radical (unpaired) electrons. The quantitative estimate of drug-likeness (QED) is 0.678. The Kier molecular flexibility index (Phi) is 5.08. The molecule has 0 aromatic heterocycles. The van der Waals surface area contributed by atoms with Gasteiger partial charge in [0.05, 0.1) is 19.3 Å². The van der Waals surface area contributed by atoms with Crippen LogP contribution in [0.3, 0.4) is 0 Å². The van der Waals surface area contributed by atoms with Crippen molar-refractivity contribution in [2.24, 2.45) is 0 Å². The van der Waals surface area contributed by atoms with Gasteiger partial charge in [0, 0.05) is 0 Å². The molecule has 3 N–H and O–H groups in total. The minimum Gasteiger partial charge on any atom is -0.504 e. The first-order valence-corrected chi connectivity index (χ1v) is 5.41. The molecule has 0 fully saturated rings. The molecule has 0 aliphatic heterocycles. The van der Waals surface area contributed by atoms with E-state index in [9.17, 15) is 10.2 Å². The molecule has 0 saturated carbocycles. The summed E-state index contributed by atoms with van der Waals surface area (Å²) in [6.07, 6.45) is 0.184. The number of aromatic hydroxyl groups is 1. The number of ether oxygens (including phenoxy) is 1. The molecule has 0 heterocycles. The van der Waals surface area contributed by atoms with Crippen molar-refractivity contribution < 1.29 is 20.1 Å². The van der Waals surface area contributed by atoms with Crippen molar-refractivity contribution in [3.05, 3.63) is 23.8 Å². The van der Waals surface area contributed by atoms with Gasteiger partial charge in [-0.25, -0.2) is 0 Å². The van der Waals surface area contributed by atoms with Crippen molar-refractivity contribution in [2.45, 2.75) is 25.9 Å². The van der Waals surface area contributed by atoms with Gasteiger partial charge in [0.15, 0.2) is 11.5 Å². The number of para-hydroxylation sites is 1. The average molecular weight is 226 g/mol. The molecule has 1 rings (SSSR count). The van der Waals surface area contributed by atoms with Gasteiger partial charge in [-0.15, -0.1) is 0 Å². The Morgan fingerprint density at radius 2 is 2.12 bits per heavy atom. The first-order chi connectivity index (χ1) is 7.69. The van der Waals surface area contributed by atoms with Gasteiger partial charge in [-0.1, -0.05) is 12.1 Å². The maximum Gasteiger partial charge on any atom is 0.161 e. The van der Waals surface area contributed by atoms with Crippen LogP contribution in [0.15, 0.2) is 18.2 Å². The second-order valence-corrected chi connectivity index (χ2v) is 3.57. The fraction of sp³-hybridized carbons (Fsp3) is 0.500. The molecule has 16 heavy (non-hydrogen) atoms. The molecule has 0 bridgehead atoms. The van der Waals surface area contributed by atoms with Crippen molar-refractivity contribution in [2.75, 3.05) is 13.2 Å². The summed E-state index contributed by atoms with van der Waals surface area (Å²) in [5.74, 6) is 0.577. The van der Waals surface area contributed by atoms with E-state index in [1.54, 1.807) is 18.2 Å². The zero-order chi connectivity index (χ0) is 12.0. The summed E-state index contributed by atoms with van der Waals surface area (Å²) in [6.45, 7) is 2.09. The fourth-order valence-corrected chi connectivity index (χ4v) is 1.45. The number of aliphatic hydroxyl groups excluding tert-OH is 2. The highest BCUT2D eigenvalue weighted by molar-refractivity contribution is 5.45. The van der Waals surface area contributed by atoms with Crippen molar-refractivity contribution in [1.82, 2.24) is 0 Å². The molecule has 4 heteroatoms. The summed E-state index contributed by atoms with van der Waals surface area (Å²) in [4.78, 5) is 0. The van der Waals surface area contributed by atoms with E-state index in [1.807, 2.05) is 6.92 Å². The van der Waals surface area contributed by atoms with Gasteiger partial charge in [-0.05, 0) is 31.4 Å². The molecule has 0 spiro atoms. The van der Waals surface area contributed by atoms with Crippen LogP contribution in [0.5, 0.6) is 11.5 Å². The van der Waals surface area contributed by atoms with E-state index < -0.39 is 6.10 Å². The Labute approximate surface area is 95.1 Å². The molecular formula is C12H18O4. The Hall–Kier alpha value is -1.26. The van der Waals surface area contributed by atoms with E-state index >= 15 is 0 Å². The normalized spacial score (nSPS) is 12.4. The number of phenolic OH excluding ortho intramolecular Hbond substituents is 1. The lowest BCUT2D eigenvalue weighted by atomic mass is 10.1. The number of aryl methyl sites for hydroxylation is 1. The van der Waals surface area contributed by atoms with Crippen LogP contribution >= 0.6 is 0 Å².